The molecule has 3 rings (SSSR count). The van der Waals surface area contributed by atoms with Crippen molar-refractivity contribution >= 4 is 39.3 Å². The van der Waals surface area contributed by atoms with Crippen molar-refractivity contribution in [2.24, 2.45) is 0 Å². The van der Waals surface area contributed by atoms with E-state index in [0.29, 0.717) is 0 Å². The number of rotatable bonds is 2. The van der Waals surface area contributed by atoms with Crippen molar-refractivity contribution in [2.45, 2.75) is 17.7 Å². The third-order valence-electron chi connectivity index (χ3n) is 3.12. The molecule has 2 aromatic rings. The standard InChI is InChI=1S/C16H12FIS/c17-12-4-7-14(8-5-12)19-16-3-1-2-11-10-13(18)6-9-15(11)16/h3-10H,1-2H2. The molecule has 1 aliphatic rings. The third kappa shape index (κ3) is 3.03. The lowest BCUT2D eigenvalue weighted by molar-refractivity contribution is 0.626. The largest absolute Gasteiger partial charge is 0.207 e. The van der Waals surface area contributed by atoms with Crippen LogP contribution in [0, 0.1) is 9.39 Å². The van der Waals surface area contributed by atoms with Crippen LogP contribution in [0.3, 0.4) is 0 Å². The first-order valence-corrected chi connectivity index (χ1v) is 8.04. The highest BCUT2D eigenvalue weighted by atomic mass is 127. The average Bonchev–Trinajstić information content (AvgIpc) is 2.41. The van der Waals surface area contributed by atoms with Crippen molar-refractivity contribution in [1.29, 1.82) is 0 Å². The Labute approximate surface area is 130 Å². The first-order chi connectivity index (χ1) is 9.22. The van der Waals surface area contributed by atoms with Crippen LogP contribution in [0.2, 0.25) is 0 Å². The monoisotopic (exact) mass is 382 g/mol. The first-order valence-electron chi connectivity index (χ1n) is 6.15. The maximum Gasteiger partial charge on any atom is 0.123 e. The Morgan fingerprint density at radius 3 is 2.63 bits per heavy atom. The molecule has 2 aromatic carbocycles. The van der Waals surface area contributed by atoms with Crippen molar-refractivity contribution in [1.82, 2.24) is 0 Å². The summed E-state index contributed by atoms with van der Waals surface area (Å²) in [6, 6.07) is 13.3. The number of fused-ring (bicyclic) bond motifs is 1. The number of halogens is 2. The predicted octanol–water partition coefficient (Wildman–Crippen LogP) is 5.51. The van der Waals surface area contributed by atoms with E-state index in [0.717, 1.165) is 17.7 Å². The summed E-state index contributed by atoms with van der Waals surface area (Å²) in [4.78, 5) is 2.36. The molecular formula is C16H12FIS. The normalized spacial score (nSPS) is 13.9. The average molecular weight is 382 g/mol. The van der Waals surface area contributed by atoms with E-state index < -0.39 is 0 Å². The minimum atomic E-state index is -0.183. The fourth-order valence-electron chi connectivity index (χ4n) is 2.20. The maximum absolute atomic E-state index is 12.9. The Bertz CT molecular complexity index is 632. The molecule has 1 aliphatic carbocycles. The van der Waals surface area contributed by atoms with Crippen molar-refractivity contribution < 1.29 is 4.39 Å². The number of hydrogen-bond donors (Lipinski definition) is 0. The van der Waals surface area contributed by atoms with Gasteiger partial charge in [-0.15, -0.1) is 0 Å². The molecule has 3 heteroatoms. The Balaban J connectivity index is 1.90. The van der Waals surface area contributed by atoms with Gasteiger partial charge in [0.2, 0.25) is 0 Å². The molecule has 0 fully saturated rings. The highest BCUT2D eigenvalue weighted by molar-refractivity contribution is 14.1. The molecule has 0 amide bonds. The Morgan fingerprint density at radius 1 is 1.05 bits per heavy atom. The third-order valence-corrected chi connectivity index (χ3v) is 4.90. The van der Waals surface area contributed by atoms with Crippen LogP contribution in [0.15, 0.2) is 53.4 Å². The first kappa shape index (κ1) is 13.2. The molecule has 96 valence electrons. The molecule has 0 radical (unpaired) electrons. The van der Waals surface area contributed by atoms with Gasteiger partial charge in [-0.2, -0.15) is 0 Å². The smallest absolute Gasteiger partial charge is 0.123 e. The molecule has 0 heterocycles. The fraction of sp³-hybridized carbons (Fsp3) is 0.125. The van der Waals surface area contributed by atoms with E-state index in [1.807, 2.05) is 12.1 Å². The summed E-state index contributed by atoms with van der Waals surface area (Å²) in [6.45, 7) is 0. The number of benzene rings is 2. The summed E-state index contributed by atoms with van der Waals surface area (Å²) < 4.78 is 14.2. The van der Waals surface area contributed by atoms with Crippen LogP contribution in [-0.4, -0.2) is 0 Å². The number of aryl methyl sites for hydroxylation is 1. The van der Waals surface area contributed by atoms with E-state index in [9.17, 15) is 4.39 Å². The topological polar surface area (TPSA) is 0 Å². The molecule has 0 aromatic heterocycles. The minimum absolute atomic E-state index is 0.183. The second-order valence-electron chi connectivity index (χ2n) is 4.46. The summed E-state index contributed by atoms with van der Waals surface area (Å²) >= 11 is 4.07. The van der Waals surface area contributed by atoms with Gasteiger partial charge in [-0.25, -0.2) is 4.39 Å². The number of allylic oxidation sites excluding steroid dienone is 1. The van der Waals surface area contributed by atoms with E-state index in [1.165, 1.54) is 31.7 Å². The van der Waals surface area contributed by atoms with Gasteiger partial charge >= 0.3 is 0 Å². The number of thioether (sulfide) groups is 1. The lowest BCUT2D eigenvalue weighted by Crippen LogP contribution is -1.98. The molecular weight excluding hydrogens is 370 g/mol. The Hall–Kier alpha value is -0.810. The van der Waals surface area contributed by atoms with E-state index in [4.69, 9.17) is 0 Å². The van der Waals surface area contributed by atoms with Crippen molar-refractivity contribution in [3.63, 3.8) is 0 Å². The summed E-state index contributed by atoms with van der Waals surface area (Å²) in [5.74, 6) is -0.183. The van der Waals surface area contributed by atoms with Crippen LogP contribution in [0.1, 0.15) is 17.5 Å². The fourth-order valence-corrected chi connectivity index (χ4v) is 3.80. The van der Waals surface area contributed by atoms with Crippen LogP contribution >= 0.6 is 34.4 Å². The SMILES string of the molecule is Fc1ccc(SC2=CCCc3cc(I)ccc32)cc1. The summed E-state index contributed by atoms with van der Waals surface area (Å²) in [7, 11) is 0. The van der Waals surface area contributed by atoms with Crippen molar-refractivity contribution in [3.05, 3.63) is 69.1 Å². The summed E-state index contributed by atoms with van der Waals surface area (Å²) in [5, 5.41) is 0. The van der Waals surface area contributed by atoms with Gasteiger partial charge in [0.1, 0.15) is 5.82 Å². The van der Waals surface area contributed by atoms with E-state index >= 15 is 0 Å². The van der Waals surface area contributed by atoms with Crippen LogP contribution < -0.4 is 0 Å². The van der Waals surface area contributed by atoms with Gasteiger partial charge in [-0.3, -0.25) is 0 Å². The predicted molar refractivity (Wildman–Crippen MR) is 87.7 cm³/mol. The zero-order chi connectivity index (χ0) is 13.2. The van der Waals surface area contributed by atoms with Gasteiger partial charge in [0.25, 0.3) is 0 Å². The Morgan fingerprint density at radius 2 is 1.84 bits per heavy atom. The Kier molecular flexibility index (Phi) is 3.93. The zero-order valence-corrected chi connectivity index (χ0v) is 13.2. The molecule has 0 saturated heterocycles. The lowest BCUT2D eigenvalue weighted by atomic mass is 9.97. The minimum Gasteiger partial charge on any atom is -0.207 e. The van der Waals surface area contributed by atoms with Gasteiger partial charge in [-0.05, 0) is 83.0 Å². The summed E-state index contributed by atoms with van der Waals surface area (Å²) in [6.07, 6.45) is 4.47. The molecule has 0 unspecified atom stereocenters. The molecule has 0 N–H and O–H groups in total. The van der Waals surface area contributed by atoms with Crippen molar-refractivity contribution in [3.8, 4) is 0 Å². The van der Waals surface area contributed by atoms with Crippen molar-refractivity contribution in [2.75, 3.05) is 0 Å². The van der Waals surface area contributed by atoms with E-state index in [1.54, 1.807) is 11.8 Å². The summed E-state index contributed by atoms with van der Waals surface area (Å²) in [5.41, 5.74) is 2.74. The van der Waals surface area contributed by atoms with Gasteiger partial charge in [0.05, 0.1) is 0 Å². The van der Waals surface area contributed by atoms with Gasteiger partial charge < -0.3 is 0 Å². The zero-order valence-electron chi connectivity index (χ0n) is 10.2. The highest BCUT2D eigenvalue weighted by Crippen LogP contribution is 2.39. The second kappa shape index (κ2) is 5.67. The second-order valence-corrected chi connectivity index (χ2v) is 6.83. The maximum atomic E-state index is 12.9. The lowest BCUT2D eigenvalue weighted by Gasteiger charge is -2.17. The molecule has 0 nitrogen and oxygen atoms in total. The molecule has 19 heavy (non-hydrogen) atoms. The van der Waals surface area contributed by atoms with E-state index in [2.05, 4.69) is 46.9 Å². The van der Waals surface area contributed by atoms with Crippen LogP contribution in [0.25, 0.3) is 4.91 Å². The quantitative estimate of drug-likeness (QED) is 0.618. The van der Waals surface area contributed by atoms with Crippen LogP contribution in [-0.2, 0) is 6.42 Å². The molecule has 0 bridgehead atoms. The van der Waals surface area contributed by atoms with Gasteiger partial charge in [0, 0.05) is 13.4 Å². The van der Waals surface area contributed by atoms with Gasteiger partial charge in [0.15, 0.2) is 0 Å². The molecule has 0 spiro atoms. The molecule has 0 aliphatic heterocycles. The van der Waals surface area contributed by atoms with Crippen LogP contribution in [0.5, 0.6) is 0 Å². The highest BCUT2D eigenvalue weighted by Gasteiger charge is 2.13. The van der Waals surface area contributed by atoms with Crippen LogP contribution in [0.4, 0.5) is 4.39 Å². The molecule has 0 atom stereocenters. The van der Waals surface area contributed by atoms with Gasteiger partial charge in [-0.1, -0.05) is 23.9 Å². The number of hydrogen-bond acceptors (Lipinski definition) is 1. The van der Waals surface area contributed by atoms with E-state index in [-0.39, 0.29) is 5.82 Å². The molecule has 0 saturated carbocycles.